The van der Waals surface area contributed by atoms with Crippen LogP contribution in [0.2, 0.25) is 0 Å². The molecule has 0 saturated heterocycles. The van der Waals surface area contributed by atoms with Crippen molar-refractivity contribution < 1.29 is 14.7 Å². The maximum Gasteiger partial charge on any atom is 0.303 e. The van der Waals surface area contributed by atoms with Crippen LogP contribution in [0.5, 0.6) is 0 Å². The Kier molecular flexibility index (Phi) is 6.86. The molecule has 1 saturated carbocycles. The van der Waals surface area contributed by atoms with Crippen LogP contribution in [0.1, 0.15) is 61.0 Å². The Morgan fingerprint density at radius 1 is 1.19 bits per heavy atom. The summed E-state index contributed by atoms with van der Waals surface area (Å²) in [7, 11) is 0. The number of carbonyl (C=O) groups is 2. The van der Waals surface area contributed by atoms with E-state index in [2.05, 4.69) is 20.3 Å². The van der Waals surface area contributed by atoms with Crippen LogP contribution < -0.4 is 5.32 Å². The van der Waals surface area contributed by atoms with Crippen LogP contribution in [0.3, 0.4) is 0 Å². The Morgan fingerprint density at radius 2 is 1.93 bits per heavy atom. The van der Waals surface area contributed by atoms with Crippen LogP contribution in [0.25, 0.3) is 10.8 Å². The zero-order valence-electron chi connectivity index (χ0n) is 15.1. The van der Waals surface area contributed by atoms with Gasteiger partial charge in [-0.1, -0.05) is 32.1 Å². The Bertz CT molecular complexity index is 759. The normalized spacial score (nSPS) is 16.0. The van der Waals surface area contributed by atoms with Crippen molar-refractivity contribution in [2.75, 3.05) is 0 Å². The highest BCUT2D eigenvalue weighted by Crippen LogP contribution is 2.28. The van der Waals surface area contributed by atoms with Crippen LogP contribution in [-0.4, -0.2) is 38.0 Å². The van der Waals surface area contributed by atoms with Crippen molar-refractivity contribution in [1.29, 1.82) is 0 Å². The first-order chi connectivity index (χ1) is 13.1. The van der Waals surface area contributed by atoms with Gasteiger partial charge in [0.05, 0.1) is 6.20 Å². The Balaban J connectivity index is 1.64. The standard InChI is InChI=1S/C19H24N4O3S/c24-16(25)8-7-14(11-13-5-2-1-3-6-13)23-18(26)15-12-22-19(27-15)17-20-9-4-10-21-17/h4,9-10,12-14H,1-3,5-8,11H2,(H,23,26)(H,24,25). The molecule has 144 valence electrons. The van der Waals surface area contributed by atoms with E-state index < -0.39 is 5.97 Å². The van der Waals surface area contributed by atoms with E-state index in [4.69, 9.17) is 5.11 Å². The number of rotatable bonds is 8. The van der Waals surface area contributed by atoms with Crippen LogP contribution in [0, 0.1) is 5.92 Å². The smallest absolute Gasteiger partial charge is 0.303 e. The van der Waals surface area contributed by atoms with Crippen LogP contribution >= 0.6 is 11.3 Å². The van der Waals surface area contributed by atoms with E-state index in [9.17, 15) is 9.59 Å². The van der Waals surface area contributed by atoms with Crippen molar-refractivity contribution in [2.24, 2.45) is 5.92 Å². The van der Waals surface area contributed by atoms with Gasteiger partial charge in [0.25, 0.3) is 5.91 Å². The van der Waals surface area contributed by atoms with E-state index in [1.807, 2.05) is 0 Å². The van der Waals surface area contributed by atoms with Gasteiger partial charge in [0.15, 0.2) is 10.8 Å². The molecule has 2 aromatic rings. The predicted molar refractivity (Wildman–Crippen MR) is 102 cm³/mol. The molecule has 0 aliphatic heterocycles. The summed E-state index contributed by atoms with van der Waals surface area (Å²) in [6.07, 6.45) is 12.2. The Morgan fingerprint density at radius 3 is 2.63 bits per heavy atom. The number of hydrogen-bond donors (Lipinski definition) is 2. The van der Waals surface area contributed by atoms with E-state index in [0.29, 0.717) is 28.0 Å². The fraction of sp³-hybridized carbons (Fsp3) is 0.526. The van der Waals surface area contributed by atoms with Gasteiger partial charge >= 0.3 is 5.97 Å². The van der Waals surface area contributed by atoms with E-state index in [1.165, 1.54) is 36.8 Å². The third-order valence-corrected chi connectivity index (χ3v) is 5.86. The fourth-order valence-corrected chi connectivity index (χ4v) is 4.29. The molecule has 1 unspecified atom stereocenters. The number of aromatic nitrogens is 3. The number of amides is 1. The van der Waals surface area contributed by atoms with Gasteiger partial charge in [-0.3, -0.25) is 9.59 Å². The monoisotopic (exact) mass is 388 g/mol. The Hall–Kier alpha value is -2.35. The summed E-state index contributed by atoms with van der Waals surface area (Å²) in [6, 6.07) is 1.60. The largest absolute Gasteiger partial charge is 0.481 e. The van der Waals surface area contributed by atoms with Gasteiger partial charge in [0, 0.05) is 24.9 Å². The van der Waals surface area contributed by atoms with Crippen LogP contribution in [-0.2, 0) is 4.79 Å². The van der Waals surface area contributed by atoms with Crippen LogP contribution in [0.4, 0.5) is 0 Å². The van der Waals surface area contributed by atoms with E-state index in [-0.39, 0.29) is 18.4 Å². The van der Waals surface area contributed by atoms with E-state index in [0.717, 1.165) is 19.3 Å². The molecule has 2 N–H and O–H groups in total. The summed E-state index contributed by atoms with van der Waals surface area (Å²) in [6.45, 7) is 0. The molecule has 1 aliphatic rings. The molecular formula is C19H24N4O3S. The predicted octanol–water partition coefficient (Wildman–Crippen LogP) is 3.53. The molecule has 0 spiro atoms. The first kappa shape index (κ1) is 19.4. The number of carboxylic acid groups (broad SMARTS) is 1. The lowest BCUT2D eigenvalue weighted by Crippen LogP contribution is -2.36. The minimum Gasteiger partial charge on any atom is -0.481 e. The average molecular weight is 388 g/mol. The number of hydrogen-bond acceptors (Lipinski definition) is 6. The van der Waals surface area contributed by atoms with Crippen LogP contribution in [0.15, 0.2) is 24.7 Å². The molecule has 8 heteroatoms. The first-order valence-electron chi connectivity index (χ1n) is 9.37. The van der Waals surface area contributed by atoms with Gasteiger partial charge in [-0.2, -0.15) is 0 Å². The second-order valence-corrected chi connectivity index (χ2v) is 7.98. The first-order valence-corrected chi connectivity index (χ1v) is 10.2. The maximum atomic E-state index is 12.7. The number of carboxylic acids is 1. The summed E-state index contributed by atoms with van der Waals surface area (Å²) < 4.78 is 0. The molecule has 1 aliphatic carbocycles. The number of nitrogens with zero attached hydrogens (tertiary/aromatic N) is 3. The third kappa shape index (κ3) is 5.82. The van der Waals surface area contributed by atoms with Crippen molar-refractivity contribution >= 4 is 23.2 Å². The Labute approximate surface area is 162 Å². The minimum atomic E-state index is -0.834. The summed E-state index contributed by atoms with van der Waals surface area (Å²) in [5.74, 6) is 0.0128. The molecule has 27 heavy (non-hydrogen) atoms. The topological polar surface area (TPSA) is 105 Å². The SMILES string of the molecule is O=C(O)CCC(CC1CCCCC1)NC(=O)c1cnc(-c2ncccn2)s1. The van der Waals surface area contributed by atoms with Crippen molar-refractivity contribution in [1.82, 2.24) is 20.3 Å². The summed E-state index contributed by atoms with van der Waals surface area (Å²) in [5, 5.41) is 12.6. The summed E-state index contributed by atoms with van der Waals surface area (Å²) in [5.41, 5.74) is 0. The van der Waals surface area contributed by atoms with Gasteiger partial charge in [-0.15, -0.1) is 11.3 Å². The van der Waals surface area contributed by atoms with Gasteiger partial charge in [0.1, 0.15) is 4.88 Å². The molecule has 0 radical (unpaired) electrons. The highest BCUT2D eigenvalue weighted by molar-refractivity contribution is 7.16. The molecule has 2 aromatic heterocycles. The second kappa shape index (κ2) is 9.55. The summed E-state index contributed by atoms with van der Waals surface area (Å²) in [4.78, 5) is 36.7. The van der Waals surface area contributed by atoms with Gasteiger partial charge in [0.2, 0.25) is 0 Å². The number of aliphatic carboxylic acids is 1. The van der Waals surface area contributed by atoms with Gasteiger partial charge in [-0.05, 0) is 24.8 Å². The average Bonchev–Trinajstić information content (AvgIpc) is 3.18. The zero-order valence-corrected chi connectivity index (χ0v) is 16.0. The molecule has 3 rings (SSSR count). The molecule has 1 amide bonds. The highest BCUT2D eigenvalue weighted by atomic mass is 32.1. The lowest BCUT2D eigenvalue weighted by molar-refractivity contribution is -0.137. The third-order valence-electron chi connectivity index (χ3n) is 4.87. The van der Waals surface area contributed by atoms with Gasteiger partial charge in [-0.25, -0.2) is 15.0 Å². The second-order valence-electron chi connectivity index (χ2n) is 6.94. The number of nitrogens with one attached hydrogen (secondary N) is 1. The van der Waals surface area contributed by atoms with Gasteiger partial charge < -0.3 is 10.4 Å². The molecule has 7 nitrogen and oxygen atoms in total. The lowest BCUT2D eigenvalue weighted by atomic mass is 9.84. The van der Waals surface area contributed by atoms with E-state index >= 15 is 0 Å². The van der Waals surface area contributed by atoms with Crippen molar-refractivity contribution in [3.8, 4) is 10.8 Å². The van der Waals surface area contributed by atoms with Crippen molar-refractivity contribution in [3.63, 3.8) is 0 Å². The fourth-order valence-electron chi connectivity index (χ4n) is 3.52. The lowest BCUT2D eigenvalue weighted by Gasteiger charge is -2.26. The molecule has 0 bridgehead atoms. The highest BCUT2D eigenvalue weighted by Gasteiger charge is 2.22. The zero-order chi connectivity index (χ0) is 19.1. The molecule has 0 aromatic carbocycles. The minimum absolute atomic E-state index is 0.0590. The quantitative estimate of drug-likeness (QED) is 0.717. The molecule has 1 atom stereocenters. The number of thiazole rings is 1. The molecule has 1 fully saturated rings. The van der Waals surface area contributed by atoms with Crippen molar-refractivity contribution in [3.05, 3.63) is 29.5 Å². The summed E-state index contributed by atoms with van der Waals surface area (Å²) >= 11 is 1.24. The molecular weight excluding hydrogens is 364 g/mol. The van der Waals surface area contributed by atoms with Crippen molar-refractivity contribution in [2.45, 2.75) is 57.4 Å². The maximum absolute atomic E-state index is 12.7. The van der Waals surface area contributed by atoms with E-state index in [1.54, 1.807) is 18.5 Å². The number of carbonyl (C=O) groups excluding carboxylic acids is 1. The molecule has 2 heterocycles.